The Morgan fingerprint density at radius 2 is 2.00 bits per heavy atom. The Hall–Kier alpha value is -1.34. The topological polar surface area (TPSA) is 20.2 Å². The quantitative estimate of drug-likeness (QED) is 0.710. The second kappa shape index (κ2) is 7.88. The van der Waals surface area contributed by atoms with Crippen molar-refractivity contribution in [1.29, 1.82) is 0 Å². The van der Waals surface area contributed by atoms with Gasteiger partial charge in [-0.15, -0.1) is 6.58 Å². The van der Waals surface area contributed by atoms with E-state index in [1.807, 2.05) is 26.0 Å². The number of aliphatic hydroxyl groups is 1. The number of aliphatic hydroxyl groups excluding tert-OH is 1. The largest absolute Gasteiger partial charge is 0.389 e. The molecule has 0 radical (unpaired) electrons. The van der Waals surface area contributed by atoms with Gasteiger partial charge in [0.05, 0.1) is 6.10 Å². The van der Waals surface area contributed by atoms with Crippen LogP contribution in [-0.4, -0.2) is 11.2 Å². The molecule has 0 aliphatic heterocycles. The van der Waals surface area contributed by atoms with E-state index in [4.69, 9.17) is 0 Å². The summed E-state index contributed by atoms with van der Waals surface area (Å²) in [6.45, 7) is 7.86. The van der Waals surface area contributed by atoms with E-state index in [0.29, 0.717) is 0 Å². The molecule has 1 unspecified atom stereocenters. The molecular weight excluding hydrogens is 220 g/mol. The van der Waals surface area contributed by atoms with E-state index in [9.17, 15) is 5.11 Å². The molecule has 1 atom stereocenters. The maximum atomic E-state index is 9.93. The lowest BCUT2D eigenvalue weighted by atomic mass is 9.94. The van der Waals surface area contributed by atoms with Crippen LogP contribution in [0.5, 0.6) is 0 Å². The molecule has 0 bridgehead atoms. The van der Waals surface area contributed by atoms with Gasteiger partial charge in [-0.25, -0.2) is 0 Å². The molecule has 1 aromatic rings. The smallest absolute Gasteiger partial charge is 0.0747 e. The van der Waals surface area contributed by atoms with Crippen LogP contribution in [0, 0.1) is 0 Å². The van der Waals surface area contributed by atoms with Gasteiger partial charge < -0.3 is 5.11 Å². The predicted molar refractivity (Wildman–Crippen MR) is 78.6 cm³/mol. The van der Waals surface area contributed by atoms with Gasteiger partial charge in [-0.2, -0.15) is 0 Å². The Bertz CT molecular complexity index is 389. The standard InChI is InChI=1S/C17H24O/c1-4-9-16(14(3)17(18)5-2)13-12-15-10-7-6-8-11-15/h4,6-8,10-11,17-18H,1,5,9,12-13H2,2-3H3/b16-14-. The summed E-state index contributed by atoms with van der Waals surface area (Å²) >= 11 is 0. The molecule has 1 aromatic carbocycles. The summed E-state index contributed by atoms with van der Waals surface area (Å²) in [4.78, 5) is 0. The summed E-state index contributed by atoms with van der Waals surface area (Å²) < 4.78 is 0. The SMILES string of the molecule is C=CC/C(CCc1ccccc1)=C(\C)C(O)CC. The second-order valence-electron chi connectivity index (χ2n) is 4.69. The first kappa shape index (κ1) is 14.7. The molecule has 0 fully saturated rings. The predicted octanol–water partition coefficient (Wildman–Crippen LogP) is 4.28. The zero-order valence-corrected chi connectivity index (χ0v) is 11.5. The molecule has 0 spiro atoms. The number of rotatable bonds is 7. The molecule has 0 saturated heterocycles. The van der Waals surface area contributed by atoms with Crippen molar-refractivity contribution in [3.8, 4) is 0 Å². The van der Waals surface area contributed by atoms with E-state index in [2.05, 4.69) is 30.8 Å². The summed E-state index contributed by atoms with van der Waals surface area (Å²) in [5.74, 6) is 0. The fourth-order valence-electron chi connectivity index (χ4n) is 2.12. The Morgan fingerprint density at radius 1 is 1.33 bits per heavy atom. The summed E-state index contributed by atoms with van der Waals surface area (Å²) in [7, 11) is 0. The minimum absolute atomic E-state index is 0.310. The zero-order chi connectivity index (χ0) is 13.4. The van der Waals surface area contributed by atoms with Crippen LogP contribution in [0.2, 0.25) is 0 Å². The monoisotopic (exact) mass is 244 g/mol. The molecule has 0 aromatic heterocycles. The minimum Gasteiger partial charge on any atom is -0.389 e. The van der Waals surface area contributed by atoms with Gasteiger partial charge in [-0.05, 0) is 43.7 Å². The van der Waals surface area contributed by atoms with E-state index in [1.54, 1.807) is 0 Å². The first-order valence-electron chi connectivity index (χ1n) is 6.70. The van der Waals surface area contributed by atoms with Gasteiger partial charge in [0.1, 0.15) is 0 Å². The third kappa shape index (κ3) is 4.50. The van der Waals surface area contributed by atoms with Crippen LogP contribution < -0.4 is 0 Å². The van der Waals surface area contributed by atoms with Crippen molar-refractivity contribution in [2.45, 2.75) is 45.6 Å². The molecule has 1 nitrogen and oxygen atoms in total. The number of allylic oxidation sites excluding steroid dienone is 2. The zero-order valence-electron chi connectivity index (χ0n) is 11.5. The van der Waals surface area contributed by atoms with Crippen LogP contribution in [0.1, 0.15) is 38.7 Å². The van der Waals surface area contributed by atoms with Crippen LogP contribution in [0.25, 0.3) is 0 Å². The van der Waals surface area contributed by atoms with E-state index in [0.717, 1.165) is 31.3 Å². The van der Waals surface area contributed by atoms with Crippen molar-refractivity contribution >= 4 is 0 Å². The van der Waals surface area contributed by atoms with Crippen LogP contribution in [-0.2, 0) is 6.42 Å². The van der Waals surface area contributed by atoms with E-state index < -0.39 is 0 Å². The summed E-state index contributed by atoms with van der Waals surface area (Å²) in [6, 6.07) is 10.5. The number of benzene rings is 1. The highest BCUT2D eigenvalue weighted by molar-refractivity contribution is 5.22. The fourth-order valence-corrected chi connectivity index (χ4v) is 2.12. The molecule has 0 heterocycles. The first-order valence-corrected chi connectivity index (χ1v) is 6.70. The van der Waals surface area contributed by atoms with Crippen molar-refractivity contribution < 1.29 is 5.11 Å². The molecular formula is C17H24O. The molecule has 18 heavy (non-hydrogen) atoms. The van der Waals surface area contributed by atoms with Gasteiger partial charge in [0.25, 0.3) is 0 Å². The second-order valence-corrected chi connectivity index (χ2v) is 4.69. The Kier molecular flexibility index (Phi) is 6.45. The minimum atomic E-state index is -0.310. The van der Waals surface area contributed by atoms with Crippen LogP contribution in [0.15, 0.2) is 54.1 Å². The van der Waals surface area contributed by atoms with Gasteiger partial charge in [0.15, 0.2) is 0 Å². The third-order valence-electron chi connectivity index (χ3n) is 3.39. The maximum absolute atomic E-state index is 9.93. The lowest BCUT2D eigenvalue weighted by Gasteiger charge is -2.15. The average molecular weight is 244 g/mol. The van der Waals surface area contributed by atoms with Crippen LogP contribution in [0.3, 0.4) is 0 Å². The van der Waals surface area contributed by atoms with Crippen molar-refractivity contribution in [3.63, 3.8) is 0 Å². The summed E-state index contributed by atoms with van der Waals surface area (Å²) in [5.41, 5.74) is 3.79. The molecule has 1 N–H and O–H groups in total. The van der Waals surface area contributed by atoms with E-state index >= 15 is 0 Å². The summed E-state index contributed by atoms with van der Waals surface area (Å²) in [5, 5.41) is 9.93. The normalized spacial score (nSPS) is 13.9. The lowest BCUT2D eigenvalue weighted by molar-refractivity contribution is 0.205. The van der Waals surface area contributed by atoms with E-state index in [-0.39, 0.29) is 6.10 Å². The third-order valence-corrected chi connectivity index (χ3v) is 3.39. The lowest BCUT2D eigenvalue weighted by Crippen LogP contribution is -2.09. The fraction of sp³-hybridized carbons (Fsp3) is 0.412. The van der Waals surface area contributed by atoms with E-state index in [1.165, 1.54) is 11.1 Å². The molecule has 0 amide bonds. The molecule has 0 aliphatic rings. The van der Waals surface area contributed by atoms with Crippen LogP contribution in [0.4, 0.5) is 0 Å². The molecule has 1 heteroatoms. The number of aryl methyl sites for hydroxylation is 1. The highest BCUT2D eigenvalue weighted by Gasteiger charge is 2.09. The highest BCUT2D eigenvalue weighted by Crippen LogP contribution is 2.20. The first-order chi connectivity index (χ1) is 8.69. The van der Waals surface area contributed by atoms with Gasteiger partial charge in [-0.1, -0.05) is 48.9 Å². The van der Waals surface area contributed by atoms with Crippen molar-refractivity contribution in [3.05, 3.63) is 59.7 Å². The molecule has 0 saturated carbocycles. The van der Waals surface area contributed by atoms with Gasteiger partial charge in [0.2, 0.25) is 0 Å². The molecule has 98 valence electrons. The molecule has 0 aliphatic carbocycles. The van der Waals surface area contributed by atoms with Gasteiger partial charge in [-0.3, -0.25) is 0 Å². The number of hydrogen-bond donors (Lipinski definition) is 1. The Labute approximate surface area is 111 Å². The van der Waals surface area contributed by atoms with Crippen molar-refractivity contribution in [2.24, 2.45) is 0 Å². The maximum Gasteiger partial charge on any atom is 0.0747 e. The Morgan fingerprint density at radius 3 is 2.56 bits per heavy atom. The van der Waals surface area contributed by atoms with Crippen molar-refractivity contribution in [2.75, 3.05) is 0 Å². The number of hydrogen-bond acceptors (Lipinski definition) is 1. The average Bonchev–Trinajstić information content (AvgIpc) is 2.43. The Balaban J connectivity index is 2.72. The molecule has 1 rings (SSSR count). The highest BCUT2D eigenvalue weighted by atomic mass is 16.3. The van der Waals surface area contributed by atoms with Gasteiger partial charge in [0, 0.05) is 0 Å². The van der Waals surface area contributed by atoms with Crippen molar-refractivity contribution in [1.82, 2.24) is 0 Å². The van der Waals surface area contributed by atoms with Gasteiger partial charge >= 0.3 is 0 Å². The van der Waals surface area contributed by atoms with Crippen LogP contribution >= 0.6 is 0 Å². The summed E-state index contributed by atoms with van der Waals surface area (Å²) in [6.07, 6.45) is 5.28.